The molecule has 1 aromatic carbocycles. The zero-order valence-corrected chi connectivity index (χ0v) is 19.3. The average Bonchev–Trinajstić information content (AvgIpc) is 2.81. The van der Waals surface area contributed by atoms with Crippen molar-refractivity contribution in [3.63, 3.8) is 0 Å². The van der Waals surface area contributed by atoms with Crippen LogP contribution in [0.2, 0.25) is 5.28 Å². The SMILES string of the molecule is COC1(C(=O)N2CCc3nc(Cl)nc(NCc4cc(N)cc(C(F)(F)F)c4)c3C2)CCCOC1. The first-order chi connectivity index (χ1) is 16.1. The summed E-state index contributed by atoms with van der Waals surface area (Å²) in [5.41, 5.74) is 5.48. The topological polar surface area (TPSA) is 103 Å². The van der Waals surface area contributed by atoms with Crippen molar-refractivity contribution in [2.24, 2.45) is 0 Å². The molecule has 0 spiro atoms. The van der Waals surface area contributed by atoms with Gasteiger partial charge in [0, 0.05) is 44.5 Å². The minimum atomic E-state index is -4.51. The van der Waals surface area contributed by atoms with E-state index in [0.717, 1.165) is 18.6 Å². The number of nitrogens with one attached hydrogen (secondary N) is 1. The summed E-state index contributed by atoms with van der Waals surface area (Å²) >= 11 is 6.09. The number of fused-ring (bicyclic) bond motifs is 1. The third-order valence-corrected chi connectivity index (χ3v) is 6.28. The number of benzene rings is 1. The maximum absolute atomic E-state index is 13.4. The number of nitrogens with zero attached hydrogens (tertiary/aromatic N) is 3. The molecule has 0 radical (unpaired) electrons. The van der Waals surface area contributed by atoms with Gasteiger partial charge in [0.25, 0.3) is 5.91 Å². The van der Waals surface area contributed by atoms with Crippen molar-refractivity contribution in [3.05, 3.63) is 45.9 Å². The average molecular weight is 500 g/mol. The van der Waals surface area contributed by atoms with Crippen LogP contribution in [0.3, 0.4) is 0 Å². The molecule has 4 rings (SSSR count). The Kier molecular flexibility index (Phi) is 6.88. The molecule has 1 amide bonds. The van der Waals surface area contributed by atoms with E-state index >= 15 is 0 Å². The highest BCUT2D eigenvalue weighted by Gasteiger charge is 2.44. The van der Waals surface area contributed by atoms with Gasteiger partial charge in [-0.3, -0.25) is 4.79 Å². The van der Waals surface area contributed by atoms with Crippen molar-refractivity contribution in [1.82, 2.24) is 14.9 Å². The second kappa shape index (κ2) is 9.55. The van der Waals surface area contributed by atoms with E-state index < -0.39 is 17.3 Å². The number of hydrogen-bond donors (Lipinski definition) is 2. The number of halogens is 4. The maximum Gasteiger partial charge on any atom is 0.416 e. The summed E-state index contributed by atoms with van der Waals surface area (Å²) in [6, 6.07) is 3.37. The Hall–Kier alpha value is -2.63. The Bertz CT molecular complexity index is 1080. The van der Waals surface area contributed by atoms with Crippen molar-refractivity contribution in [2.75, 3.05) is 37.9 Å². The lowest BCUT2D eigenvalue weighted by molar-refractivity contribution is -0.172. The summed E-state index contributed by atoms with van der Waals surface area (Å²) in [6.07, 6.45) is -2.78. The van der Waals surface area contributed by atoms with Gasteiger partial charge >= 0.3 is 6.18 Å². The van der Waals surface area contributed by atoms with Crippen LogP contribution in [0.4, 0.5) is 24.7 Å². The molecule has 1 fully saturated rings. The van der Waals surface area contributed by atoms with Gasteiger partial charge in [0.05, 0.1) is 24.4 Å². The van der Waals surface area contributed by atoms with Gasteiger partial charge in [0.1, 0.15) is 5.82 Å². The maximum atomic E-state index is 13.4. The number of carbonyl (C=O) groups is 1. The second-order valence-electron chi connectivity index (χ2n) is 8.41. The van der Waals surface area contributed by atoms with Gasteiger partial charge in [-0.2, -0.15) is 13.2 Å². The molecule has 34 heavy (non-hydrogen) atoms. The van der Waals surface area contributed by atoms with Gasteiger partial charge in [-0.05, 0) is 48.2 Å². The van der Waals surface area contributed by atoms with E-state index in [1.54, 1.807) is 4.90 Å². The first kappa shape index (κ1) is 24.5. The molecule has 12 heteroatoms. The van der Waals surface area contributed by atoms with Crippen LogP contribution < -0.4 is 11.1 Å². The zero-order valence-electron chi connectivity index (χ0n) is 18.5. The quantitative estimate of drug-likeness (QED) is 0.480. The number of anilines is 2. The number of nitrogens with two attached hydrogens (primary N) is 1. The van der Waals surface area contributed by atoms with Crippen molar-refractivity contribution in [3.8, 4) is 0 Å². The van der Waals surface area contributed by atoms with Crippen LogP contribution >= 0.6 is 11.6 Å². The van der Waals surface area contributed by atoms with E-state index in [-0.39, 0.29) is 36.6 Å². The highest BCUT2D eigenvalue weighted by Crippen LogP contribution is 2.33. The Morgan fingerprint density at radius 1 is 1.35 bits per heavy atom. The Balaban J connectivity index is 1.56. The summed E-state index contributed by atoms with van der Waals surface area (Å²) in [7, 11) is 1.50. The minimum absolute atomic E-state index is 0.00529. The summed E-state index contributed by atoms with van der Waals surface area (Å²) in [5.74, 6) is 0.182. The molecular weight excluding hydrogens is 475 g/mol. The van der Waals surface area contributed by atoms with Crippen LogP contribution in [0, 0.1) is 0 Å². The molecule has 1 atom stereocenters. The van der Waals surface area contributed by atoms with E-state index in [1.165, 1.54) is 13.2 Å². The lowest BCUT2D eigenvalue weighted by Crippen LogP contribution is -2.55. The first-order valence-electron chi connectivity index (χ1n) is 10.8. The molecule has 1 aromatic heterocycles. The molecule has 8 nitrogen and oxygen atoms in total. The fourth-order valence-corrected chi connectivity index (χ4v) is 4.53. The van der Waals surface area contributed by atoms with E-state index in [1.807, 2.05) is 0 Å². The van der Waals surface area contributed by atoms with E-state index in [0.29, 0.717) is 48.6 Å². The third-order valence-electron chi connectivity index (χ3n) is 6.11. The molecule has 3 heterocycles. The van der Waals surface area contributed by atoms with Gasteiger partial charge in [-0.25, -0.2) is 9.97 Å². The van der Waals surface area contributed by atoms with E-state index in [2.05, 4.69) is 15.3 Å². The fourth-order valence-electron chi connectivity index (χ4n) is 4.35. The van der Waals surface area contributed by atoms with Gasteiger partial charge in [-0.15, -0.1) is 0 Å². The van der Waals surface area contributed by atoms with Gasteiger partial charge < -0.3 is 25.4 Å². The number of methoxy groups -OCH3 is 1. The van der Waals surface area contributed by atoms with E-state index in [4.69, 9.17) is 26.8 Å². The number of nitrogen functional groups attached to an aromatic ring is 1. The summed E-state index contributed by atoms with van der Waals surface area (Å²) in [5, 5.41) is 3.06. The molecule has 0 saturated carbocycles. The van der Waals surface area contributed by atoms with Crippen LogP contribution in [0.5, 0.6) is 0 Å². The minimum Gasteiger partial charge on any atom is -0.399 e. The molecule has 2 aliphatic heterocycles. The van der Waals surface area contributed by atoms with Crippen LogP contribution in [0.25, 0.3) is 0 Å². The van der Waals surface area contributed by atoms with Gasteiger partial charge in [0.2, 0.25) is 5.28 Å². The Morgan fingerprint density at radius 2 is 2.15 bits per heavy atom. The largest absolute Gasteiger partial charge is 0.416 e. The Labute approximate surface area is 199 Å². The molecule has 0 bridgehead atoms. The normalized spacial score (nSPS) is 20.7. The molecular formula is C22H25ClF3N5O3. The predicted octanol–water partition coefficient (Wildman–Crippen LogP) is 3.42. The molecule has 184 valence electrons. The summed E-state index contributed by atoms with van der Waals surface area (Å²) in [6.45, 7) is 1.43. The van der Waals surface area contributed by atoms with Crippen LogP contribution in [0.15, 0.2) is 18.2 Å². The standard InChI is InChI=1S/C22H25ClF3N5O3/c1-33-21(4-2-6-34-12-21)19(32)31-5-3-17-16(11-31)18(30-20(23)29-17)28-10-13-7-14(22(24,25)26)9-15(27)8-13/h7-9H,2-6,10-12,27H2,1H3,(H,28,29,30). The van der Waals surface area contributed by atoms with Gasteiger partial charge in [-0.1, -0.05) is 0 Å². The smallest absolute Gasteiger partial charge is 0.399 e. The van der Waals surface area contributed by atoms with Crippen LogP contribution in [0.1, 0.15) is 35.2 Å². The number of alkyl halides is 3. The molecule has 2 aromatic rings. The number of aromatic nitrogens is 2. The molecule has 1 saturated heterocycles. The molecule has 0 aliphatic carbocycles. The highest BCUT2D eigenvalue weighted by atomic mass is 35.5. The van der Waals surface area contributed by atoms with E-state index in [9.17, 15) is 18.0 Å². The number of hydrogen-bond acceptors (Lipinski definition) is 7. The predicted molar refractivity (Wildman–Crippen MR) is 119 cm³/mol. The number of ether oxygens (including phenoxy) is 2. The number of amides is 1. The molecule has 2 aliphatic rings. The van der Waals surface area contributed by atoms with Crippen molar-refractivity contribution >= 4 is 29.0 Å². The number of carbonyl (C=O) groups excluding carboxylic acids is 1. The van der Waals surface area contributed by atoms with Crippen LogP contribution in [-0.2, 0) is 40.0 Å². The summed E-state index contributed by atoms with van der Waals surface area (Å²) in [4.78, 5) is 23.5. The van der Waals surface area contributed by atoms with Crippen LogP contribution in [-0.4, -0.2) is 53.2 Å². The van der Waals surface area contributed by atoms with Crippen molar-refractivity contribution < 1.29 is 27.4 Å². The fraction of sp³-hybridized carbons (Fsp3) is 0.500. The Morgan fingerprint density at radius 3 is 2.82 bits per heavy atom. The first-order valence-corrected chi connectivity index (χ1v) is 11.2. The highest BCUT2D eigenvalue weighted by molar-refractivity contribution is 6.28. The number of rotatable bonds is 5. The zero-order chi connectivity index (χ0) is 24.5. The lowest BCUT2D eigenvalue weighted by atomic mass is 9.93. The monoisotopic (exact) mass is 499 g/mol. The lowest BCUT2D eigenvalue weighted by Gasteiger charge is -2.40. The van der Waals surface area contributed by atoms with Crippen molar-refractivity contribution in [1.29, 1.82) is 0 Å². The van der Waals surface area contributed by atoms with Gasteiger partial charge in [0.15, 0.2) is 5.60 Å². The molecule has 1 unspecified atom stereocenters. The molecule has 3 N–H and O–H groups in total. The summed E-state index contributed by atoms with van der Waals surface area (Å²) < 4.78 is 50.6. The van der Waals surface area contributed by atoms with Crippen molar-refractivity contribution in [2.45, 2.75) is 44.1 Å². The second-order valence-corrected chi connectivity index (χ2v) is 8.75. The third kappa shape index (κ3) is 5.06.